The van der Waals surface area contributed by atoms with E-state index in [4.69, 9.17) is 11.6 Å². The number of benzene rings is 2. The van der Waals surface area contributed by atoms with E-state index in [2.05, 4.69) is 16.3 Å². The zero-order valence-electron chi connectivity index (χ0n) is 15.3. The Labute approximate surface area is 164 Å². The summed E-state index contributed by atoms with van der Waals surface area (Å²) < 4.78 is 13.0. The fraction of sp³-hybridized carbons (Fsp3) is 0.381. The molecule has 1 amide bonds. The first-order valence-electron chi connectivity index (χ1n) is 9.35. The molecule has 1 N–H and O–H groups in total. The predicted octanol–water partition coefficient (Wildman–Crippen LogP) is 3.35. The van der Waals surface area contributed by atoms with E-state index in [1.165, 1.54) is 17.7 Å². The highest BCUT2D eigenvalue weighted by Crippen LogP contribution is 2.17. The van der Waals surface area contributed by atoms with Gasteiger partial charge in [-0.05, 0) is 54.9 Å². The summed E-state index contributed by atoms with van der Waals surface area (Å²) in [5.41, 5.74) is 2.20. The fourth-order valence-corrected chi connectivity index (χ4v) is 3.48. The van der Waals surface area contributed by atoms with Crippen LogP contribution >= 0.6 is 11.6 Å². The molecule has 1 fully saturated rings. The summed E-state index contributed by atoms with van der Waals surface area (Å²) in [4.78, 5) is 16.5. The van der Waals surface area contributed by atoms with Gasteiger partial charge < -0.3 is 15.1 Å². The van der Waals surface area contributed by atoms with Gasteiger partial charge in [-0.25, -0.2) is 4.39 Å². The van der Waals surface area contributed by atoms with Crippen LogP contribution in [0.25, 0.3) is 0 Å². The summed E-state index contributed by atoms with van der Waals surface area (Å²) in [7, 11) is 0. The van der Waals surface area contributed by atoms with Gasteiger partial charge in [0.15, 0.2) is 0 Å². The lowest BCUT2D eigenvalue weighted by Crippen LogP contribution is -2.49. The number of carbonyl (C=O) groups excluding carboxylic acids is 1. The lowest BCUT2D eigenvalue weighted by atomic mass is 10.1. The molecule has 4 nitrogen and oxygen atoms in total. The molecule has 1 saturated heterocycles. The molecular weight excluding hydrogens is 365 g/mol. The average Bonchev–Trinajstić information content (AvgIpc) is 2.68. The molecule has 0 saturated carbocycles. The van der Waals surface area contributed by atoms with Crippen molar-refractivity contribution < 1.29 is 9.18 Å². The third-order valence-electron chi connectivity index (χ3n) is 4.82. The highest BCUT2D eigenvalue weighted by atomic mass is 35.5. The first-order chi connectivity index (χ1) is 13.1. The fourth-order valence-electron chi connectivity index (χ4n) is 3.27. The molecule has 1 aliphatic heterocycles. The van der Waals surface area contributed by atoms with Crippen LogP contribution in [-0.2, 0) is 11.2 Å². The monoisotopic (exact) mass is 389 g/mol. The predicted molar refractivity (Wildman–Crippen MR) is 108 cm³/mol. The maximum absolute atomic E-state index is 13.0. The van der Waals surface area contributed by atoms with Crippen molar-refractivity contribution in [3.63, 3.8) is 0 Å². The molecule has 0 bridgehead atoms. The molecular formula is C21H25ClFN3O. The molecule has 3 rings (SSSR count). The summed E-state index contributed by atoms with van der Waals surface area (Å²) in [5.74, 6) is -0.0422. The Bertz CT molecular complexity index is 745. The number of amides is 1. The Morgan fingerprint density at radius 1 is 1.04 bits per heavy atom. The SMILES string of the molecule is O=C(CCNCCc1cccc(Cl)c1)N1CCN(c2ccc(F)cc2)CC1. The van der Waals surface area contributed by atoms with E-state index in [0.717, 1.165) is 36.8 Å². The molecule has 1 heterocycles. The van der Waals surface area contributed by atoms with Gasteiger partial charge in [0.25, 0.3) is 0 Å². The minimum atomic E-state index is -0.226. The number of carbonyl (C=O) groups is 1. The third-order valence-corrected chi connectivity index (χ3v) is 5.05. The van der Waals surface area contributed by atoms with E-state index in [9.17, 15) is 9.18 Å². The quantitative estimate of drug-likeness (QED) is 0.738. The van der Waals surface area contributed by atoms with Gasteiger partial charge in [0.05, 0.1) is 0 Å². The van der Waals surface area contributed by atoms with Crippen LogP contribution in [-0.4, -0.2) is 50.1 Å². The molecule has 0 aliphatic carbocycles. The van der Waals surface area contributed by atoms with E-state index in [1.54, 1.807) is 12.1 Å². The lowest BCUT2D eigenvalue weighted by molar-refractivity contribution is -0.131. The second-order valence-corrected chi connectivity index (χ2v) is 7.16. The minimum Gasteiger partial charge on any atom is -0.368 e. The van der Waals surface area contributed by atoms with Crippen LogP contribution in [0.5, 0.6) is 0 Å². The van der Waals surface area contributed by atoms with Crippen molar-refractivity contribution in [1.82, 2.24) is 10.2 Å². The van der Waals surface area contributed by atoms with Crippen molar-refractivity contribution >= 4 is 23.2 Å². The van der Waals surface area contributed by atoms with Gasteiger partial charge in [-0.3, -0.25) is 4.79 Å². The lowest BCUT2D eigenvalue weighted by Gasteiger charge is -2.36. The summed E-state index contributed by atoms with van der Waals surface area (Å²) in [6.45, 7) is 4.47. The zero-order chi connectivity index (χ0) is 19.1. The normalized spacial score (nSPS) is 14.4. The Kier molecular flexibility index (Phi) is 7.07. The standard InChI is InChI=1S/C21H25ClFN3O/c22-18-3-1-2-17(16-18)8-10-24-11-9-21(27)26-14-12-25(13-15-26)20-6-4-19(23)5-7-20/h1-7,16,24H,8-15H2. The van der Waals surface area contributed by atoms with Crippen molar-refractivity contribution in [3.05, 3.63) is 64.9 Å². The van der Waals surface area contributed by atoms with Crippen molar-refractivity contribution in [3.8, 4) is 0 Å². The summed E-state index contributed by atoms with van der Waals surface area (Å²) in [6, 6.07) is 14.4. The molecule has 2 aromatic carbocycles. The summed E-state index contributed by atoms with van der Waals surface area (Å²) >= 11 is 5.98. The van der Waals surface area contributed by atoms with Gasteiger partial charge in [-0.15, -0.1) is 0 Å². The van der Waals surface area contributed by atoms with Crippen LogP contribution in [0.4, 0.5) is 10.1 Å². The molecule has 144 valence electrons. The maximum atomic E-state index is 13.0. The number of halogens is 2. The molecule has 0 atom stereocenters. The summed E-state index contributed by atoms with van der Waals surface area (Å²) in [6.07, 6.45) is 1.40. The van der Waals surface area contributed by atoms with E-state index in [1.807, 2.05) is 23.1 Å². The number of rotatable bonds is 7. The number of anilines is 1. The summed E-state index contributed by atoms with van der Waals surface area (Å²) in [5, 5.41) is 4.08. The molecule has 0 radical (unpaired) electrons. The topological polar surface area (TPSA) is 35.6 Å². The van der Waals surface area contributed by atoms with Crippen molar-refractivity contribution in [1.29, 1.82) is 0 Å². The zero-order valence-corrected chi connectivity index (χ0v) is 16.1. The number of piperazine rings is 1. The van der Waals surface area contributed by atoms with Gasteiger partial charge in [0, 0.05) is 49.9 Å². The van der Waals surface area contributed by atoms with Crippen LogP contribution in [0.2, 0.25) is 5.02 Å². The Balaban J connectivity index is 1.33. The van der Waals surface area contributed by atoms with Crippen molar-refractivity contribution in [2.24, 2.45) is 0 Å². The first kappa shape index (κ1) is 19.6. The highest BCUT2D eigenvalue weighted by Gasteiger charge is 2.20. The Morgan fingerprint density at radius 2 is 1.78 bits per heavy atom. The van der Waals surface area contributed by atoms with Crippen molar-refractivity contribution in [2.45, 2.75) is 12.8 Å². The number of hydrogen-bond acceptors (Lipinski definition) is 3. The number of hydrogen-bond donors (Lipinski definition) is 1. The van der Waals surface area contributed by atoms with Crippen molar-refractivity contribution in [2.75, 3.05) is 44.2 Å². The molecule has 27 heavy (non-hydrogen) atoms. The van der Waals surface area contributed by atoms with E-state index < -0.39 is 0 Å². The van der Waals surface area contributed by atoms with Gasteiger partial charge in [0.1, 0.15) is 5.82 Å². The van der Waals surface area contributed by atoms with E-state index >= 15 is 0 Å². The minimum absolute atomic E-state index is 0.184. The van der Waals surface area contributed by atoms with Gasteiger partial charge in [-0.2, -0.15) is 0 Å². The molecule has 6 heteroatoms. The first-order valence-corrected chi connectivity index (χ1v) is 9.73. The van der Waals surface area contributed by atoms with Gasteiger partial charge in [-0.1, -0.05) is 23.7 Å². The van der Waals surface area contributed by atoms with E-state index in [0.29, 0.717) is 26.1 Å². The second-order valence-electron chi connectivity index (χ2n) is 6.72. The van der Waals surface area contributed by atoms with Crippen LogP contribution in [0.1, 0.15) is 12.0 Å². The second kappa shape index (κ2) is 9.72. The molecule has 1 aliphatic rings. The number of nitrogens with zero attached hydrogens (tertiary/aromatic N) is 2. The Hall–Kier alpha value is -2.11. The van der Waals surface area contributed by atoms with Gasteiger partial charge in [0.2, 0.25) is 5.91 Å². The van der Waals surface area contributed by atoms with E-state index in [-0.39, 0.29) is 11.7 Å². The largest absolute Gasteiger partial charge is 0.368 e. The molecule has 0 spiro atoms. The molecule has 0 aromatic heterocycles. The smallest absolute Gasteiger partial charge is 0.223 e. The Morgan fingerprint density at radius 3 is 2.48 bits per heavy atom. The average molecular weight is 390 g/mol. The molecule has 2 aromatic rings. The third kappa shape index (κ3) is 5.94. The van der Waals surface area contributed by atoms with Crippen LogP contribution in [0, 0.1) is 5.82 Å². The highest BCUT2D eigenvalue weighted by molar-refractivity contribution is 6.30. The number of nitrogens with one attached hydrogen (secondary N) is 1. The van der Waals surface area contributed by atoms with Crippen LogP contribution < -0.4 is 10.2 Å². The van der Waals surface area contributed by atoms with Crippen LogP contribution in [0.15, 0.2) is 48.5 Å². The van der Waals surface area contributed by atoms with Gasteiger partial charge >= 0.3 is 0 Å². The molecule has 0 unspecified atom stereocenters. The van der Waals surface area contributed by atoms with Crippen LogP contribution in [0.3, 0.4) is 0 Å². The maximum Gasteiger partial charge on any atom is 0.223 e.